The molecule has 2 aromatic rings. The van der Waals surface area contributed by atoms with E-state index in [-0.39, 0.29) is 6.04 Å². The molecule has 0 saturated heterocycles. The lowest BCUT2D eigenvalue weighted by Gasteiger charge is -2.24. The van der Waals surface area contributed by atoms with Gasteiger partial charge in [0, 0.05) is 0 Å². The van der Waals surface area contributed by atoms with Gasteiger partial charge in [0.2, 0.25) is 0 Å². The maximum Gasteiger partial charge on any atom is 0.407 e. The number of aryl methyl sites for hydroxylation is 2. The zero-order valence-electron chi connectivity index (χ0n) is 17.0. The summed E-state index contributed by atoms with van der Waals surface area (Å²) in [5.41, 5.74) is 4.21. The molecule has 4 nitrogen and oxygen atoms in total. The van der Waals surface area contributed by atoms with E-state index in [4.69, 9.17) is 9.47 Å². The van der Waals surface area contributed by atoms with Gasteiger partial charge in [-0.25, -0.2) is 4.79 Å². The molecule has 0 aromatic heterocycles. The summed E-state index contributed by atoms with van der Waals surface area (Å²) < 4.78 is 11.3. The Kier molecular flexibility index (Phi) is 7.43. The fourth-order valence-electron chi connectivity index (χ4n) is 3.00. The van der Waals surface area contributed by atoms with Crippen molar-refractivity contribution in [2.24, 2.45) is 0 Å². The fourth-order valence-corrected chi connectivity index (χ4v) is 3.00. The quantitative estimate of drug-likeness (QED) is 0.751. The summed E-state index contributed by atoms with van der Waals surface area (Å²) in [6.07, 6.45) is 0.269. The van der Waals surface area contributed by atoms with E-state index in [1.807, 2.05) is 51.1 Å². The second-order valence-electron chi connectivity index (χ2n) is 8.04. The van der Waals surface area contributed by atoms with Crippen LogP contribution in [-0.2, 0) is 22.5 Å². The molecule has 0 spiro atoms. The van der Waals surface area contributed by atoms with Gasteiger partial charge in [-0.1, -0.05) is 59.7 Å². The molecule has 2 rings (SSSR count). The summed E-state index contributed by atoms with van der Waals surface area (Å²) in [6, 6.07) is 16.3. The normalized spacial score (nSPS) is 12.5. The highest BCUT2D eigenvalue weighted by molar-refractivity contribution is 5.68. The van der Waals surface area contributed by atoms with Gasteiger partial charge in [-0.2, -0.15) is 0 Å². The van der Waals surface area contributed by atoms with Crippen molar-refractivity contribution in [3.8, 4) is 0 Å². The summed E-state index contributed by atoms with van der Waals surface area (Å²) in [6.45, 7) is 10.7. The number of rotatable bonds is 7. The standard InChI is InChI=1S/C23H31NO3/c1-17-11-18(2)13-20(12-17)15-26-16-21(14-19-9-7-6-8-10-19)24-22(25)27-23(3,4)5/h6-13,21H,14-16H2,1-5H3,(H,24,25). The summed E-state index contributed by atoms with van der Waals surface area (Å²) in [7, 11) is 0. The lowest BCUT2D eigenvalue weighted by Crippen LogP contribution is -2.42. The van der Waals surface area contributed by atoms with E-state index in [9.17, 15) is 4.79 Å². The van der Waals surface area contributed by atoms with E-state index in [0.29, 0.717) is 19.6 Å². The fraction of sp³-hybridized carbons (Fsp3) is 0.435. The van der Waals surface area contributed by atoms with Gasteiger partial charge in [0.05, 0.1) is 19.3 Å². The van der Waals surface area contributed by atoms with E-state index in [1.54, 1.807) is 0 Å². The van der Waals surface area contributed by atoms with E-state index < -0.39 is 11.7 Å². The first-order valence-corrected chi connectivity index (χ1v) is 9.39. The highest BCUT2D eigenvalue weighted by atomic mass is 16.6. The third-order valence-electron chi connectivity index (χ3n) is 3.92. The first kappa shape index (κ1) is 21.0. The van der Waals surface area contributed by atoms with Crippen LogP contribution in [0.3, 0.4) is 0 Å². The molecule has 1 N–H and O–H groups in total. The van der Waals surface area contributed by atoms with Gasteiger partial charge in [-0.3, -0.25) is 0 Å². The highest BCUT2D eigenvalue weighted by Crippen LogP contribution is 2.12. The molecule has 0 aliphatic rings. The lowest BCUT2D eigenvalue weighted by molar-refractivity contribution is 0.0429. The average molecular weight is 370 g/mol. The second kappa shape index (κ2) is 9.56. The molecule has 2 aromatic carbocycles. The Morgan fingerprint density at radius 2 is 1.63 bits per heavy atom. The molecule has 0 aliphatic heterocycles. The number of ether oxygens (including phenoxy) is 2. The van der Waals surface area contributed by atoms with E-state index in [0.717, 1.165) is 11.1 Å². The number of carbonyl (C=O) groups is 1. The van der Waals surface area contributed by atoms with Crippen LogP contribution in [0.15, 0.2) is 48.5 Å². The highest BCUT2D eigenvalue weighted by Gasteiger charge is 2.20. The number of carbonyl (C=O) groups excluding carboxylic acids is 1. The number of alkyl carbamates (subject to hydrolysis) is 1. The van der Waals surface area contributed by atoms with Gasteiger partial charge in [0.1, 0.15) is 5.60 Å². The van der Waals surface area contributed by atoms with E-state index >= 15 is 0 Å². The van der Waals surface area contributed by atoms with Crippen molar-refractivity contribution in [2.45, 2.75) is 59.3 Å². The number of hydrogen-bond acceptors (Lipinski definition) is 3. The predicted octanol–water partition coefficient (Wildman–Crippen LogP) is 4.96. The zero-order chi connectivity index (χ0) is 19.9. The Labute approximate surface area is 162 Å². The third kappa shape index (κ3) is 8.27. The summed E-state index contributed by atoms with van der Waals surface area (Å²) in [5.74, 6) is 0. The number of hydrogen-bond donors (Lipinski definition) is 1. The molecule has 4 heteroatoms. The summed E-state index contributed by atoms with van der Waals surface area (Å²) >= 11 is 0. The number of nitrogens with one attached hydrogen (secondary N) is 1. The Balaban J connectivity index is 1.97. The Hall–Kier alpha value is -2.33. The summed E-state index contributed by atoms with van der Waals surface area (Å²) in [5, 5.41) is 2.94. The van der Waals surface area contributed by atoms with Crippen LogP contribution >= 0.6 is 0 Å². The molecule has 0 fully saturated rings. The molecule has 1 unspecified atom stereocenters. The third-order valence-corrected chi connectivity index (χ3v) is 3.92. The smallest absolute Gasteiger partial charge is 0.407 e. The van der Waals surface area contributed by atoms with Crippen LogP contribution in [0.5, 0.6) is 0 Å². The molecule has 0 aliphatic carbocycles. The van der Waals surface area contributed by atoms with Gasteiger partial charge >= 0.3 is 6.09 Å². The SMILES string of the molecule is Cc1cc(C)cc(COCC(Cc2ccccc2)NC(=O)OC(C)(C)C)c1. The molecular formula is C23H31NO3. The Morgan fingerprint density at radius 3 is 2.22 bits per heavy atom. The van der Waals surface area contributed by atoms with Crippen molar-refractivity contribution in [3.05, 3.63) is 70.8 Å². The van der Waals surface area contributed by atoms with Crippen LogP contribution in [0.25, 0.3) is 0 Å². The molecule has 1 atom stereocenters. The average Bonchev–Trinajstić information content (AvgIpc) is 2.53. The minimum absolute atomic E-state index is 0.159. The van der Waals surface area contributed by atoms with Gasteiger partial charge in [0.25, 0.3) is 0 Å². The molecule has 0 radical (unpaired) electrons. The maximum absolute atomic E-state index is 12.2. The van der Waals surface area contributed by atoms with Crippen molar-refractivity contribution in [3.63, 3.8) is 0 Å². The largest absolute Gasteiger partial charge is 0.444 e. The Bertz CT molecular complexity index is 715. The predicted molar refractivity (Wildman–Crippen MR) is 109 cm³/mol. The summed E-state index contributed by atoms with van der Waals surface area (Å²) in [4.78, 5) is 12.2. The Morgan fingerprint density at radius 1 is 1.00 bits per heavy atom. The van der Waals surface area contributed by atoms with Crippen LogP contribution in [0.4, 0.5) is 4.79 Å². The number of benzene rings is 2. The van der Waals surface area contributed by atoms with Crippen molar-refractivity contribution < 1.29 is 14.3 Å². The van der Waals surface area contributed by atoms with Crippen LogP contribution < -0.4 is 5.32 Å². The molecule has 0 heterocycles. The van der Waals surface area contributed by atoms with Crippen molar-refractivity contribution >= 4 is 6.09 Å². The van der Waals surface area contributed by atoms with E-state index in [1.165, 1.54) is 11.1 Å². The van der Waals surface area contributed by atoms with Crippen LogP contribution in [0.2, 0.25) is 0 Å². The molecule has 0 saturated carbocycles. The topological polar surface area (TPSA) is 47.6 Å². The van der Waals surface area contributed by atoms with Gasteiger partial charge in [-0.15, -0.1) is 0 Å². The molecule has 27 heavy (non-hydrogen) atoms. The first-order valence-electron chi connectivity index (χ1n) is 9.39. The van der Waals surface area contributed by atoms with Gasteiger partial charge < -0.3 is 14.8 Å². The van der Waals surface area contributed by atoms with Gasteiger partial charge in [0.15, 0.2) is 0 Å². The molecule has 1 amide bonds. The molecular weight excluding hydrogens is 338 g/mol. The zero-order valence-corrected chi connectivity index (χ0v) is 17.0. The molecule has 146 valence electrons. The minimum Gasteiger partial charge on any atom is -0.444 e. The minimum atomic E-state index is -0.526. The van der Waals surface area contributed by atoms with Crippen LogP contribution in [0.1, 0.15) is 43.0 Å². The maximum atomic E-state index is 12.2. The lowest BCUT2D eigenvalue weighted by atomic mass is 10.1. The monoisotopic (exact) mass is 369 g/mol. The van der Waals surface area contributed by atoms with Crippen molar-refractivity contribution in [1.82, 2.24) is 5.32 Å². The van der Waals surface area contributed by atoms with Crippen molar-refractivity contribution in [1.29, 1.82) is 0 Å². The first-order chi connectivity index (χ1) is 12.7. The van der Waals surface area contributed by atoms with Crippen LogP contribution in [0, 0.1) is 13.8 Å². The van der Waals surface area contributed by atoms with Crippen molar-refractivity contribution in [2.75, 3.05) is 6.61 Å². The number of amides is 1. The van der Waals surface area contributed by atoms with Gasteiger partial charge in [-0.05, 0) is 52.2 Å². The van der Waals surface area contributed by atoms with E-state index in [2.05, 4.69) is 37.4 Å². The molecule has 0 bridgehead atoms. The second-order valence-corrected chi connectivity index (χ2v) is 8.04. The van der Waals surface area contributed by atoms with Crippen LogP contribution in [-0.4, -0.2) is 24.3 Å².